The molecule has 0 saturated carbocycles. The van der Waals surface area contributed by atoms with Crippen molar-refractivity contribution in [2.24, 2.45) is 5.84 Å². The molecule has 0 aromatic rings. The monoisotopic (exact) mass is 242 g/mol. The Hall–Kier alpha value is -1.14. The molecule has 0 aliphatic carbocycles. The lowest BCUT2D eigenvalue weighted by Gasteiger charge is -2.37. The van der Waals surface area contributed by atoms with Crippen LogP contribution in [0.4, 0.5) is 0 Å². The Morgan fingerprint density at radius 1 is 1.29 bits per heavy atom. The van der Waals surface area contributed by atoms with Gasteiger partial charge in [0.15, 0.2) is 0 Å². The Morgan fingerprint density at radius 3 is 2.35 bits per heavy atom. The molecule has 17 heavy (non-hydrogen) atoms. The van der Waals surface area contributed by atoms with Crippen LogP contribution in [0, 0.1) is 0 Å². The van der Waals surface area contributed by atoms with E-state index in [4.69, 9.17) is 5.84 Å². The van der Waals surface area contributed by atoms with E-state index < -0.39 is 0 Å². The van der Waals surface area contributed by atoms with E-state index in [-0.39, 0.29) is 11.8 Å². The summed E-state index contributed by atoms with van der Waals surface area (Å²) in [4.78, 5) is 26.4. The van der Waals surface area contributed by atoms with Gasteiger partial charge in [0.25, 0.3) is 0 Å². The number of nitrogens with zero attached hydrogens (tertiary/aromatic N) is 2. The predicted molar refractivity (Wildman–Crippen MR) is 64.9 cm³/mol. The molecule has 1 unspecified atom stereocenters. The highest BCUT2D eigenvalue weighted by atomic mass is 16.2. The minimum atomic E-state index is -0.126. The SMILES string of the molecule is CC(=O)N1CCN(C(C)CCC(=O)NN)CC1. The molecule has 0 bridgehead atoms. The van der Waals surface area contributed by atoms with Crippen LogP contribution in [0.5, 0.6) is 0 Å². The first-order valence-corrected chi connectivity index (χ1v) is 6.03. The molecule has 1 aliphatic heterocycles. The minimum absolute atomic E-state index is 0.126. The first-order valence-electron chi connectivity index (χ1n) is 6.03. The van der Waals surface area contributed by atoms with E-state index in [2.05, 4.69) is 17.2 Å². The molecule has 1 atom stereocenters. The molecule has 1 aliphatic rings. The minimum Gasteiger partial charge on any atom is -0.340 e. The molecule has 0 aromatic heterocycles. The van der Waals surface area contributed by atoms with Gasteiger partial charge in [-0.3, -0.25) is 19.9 Å². The number of carbonyl (C=O) groups excluding carboxylic acids is 2. The molecule has 1 saturated heterocycles. The molecule has 6 heteroatoms. The third-order valence-corrected chi connectivity index (χ3v) is 3.33. The summed E-state index contributed by atoms with van der Waals surface area (Å²) in [5.41, 5.74) is 2.13. The summed E-state index contributed by atoms with van der Waals surface area (Å²) in [7, 11) is 0. The van der Waals surface area contributed by atoms with Crippen molar-refractivity contribution in [1.82, 2.24) is 15.2 Å². The van der Waals surface area contributed by atoms with Gasteiger partial charge < -0.3 is 4.90 Å². The van der Waals surface area contributed by atoms with Crippen molar-refractivity contribution in [1.29, 1.82) is 0 Å². The van der Waals surface area contributed by atoms with E-state index in [0.29, 0.717) is 12.5 Å². The van der Waals surface area contributed by atoms with Crippen LogP contribution in [0.1, 0.15) is 26.7 Å². The molecule has 0 aromatic carbocycles. The highest BCUT2D eigenvalue weighted by Crippen LogP contribution is 2.10. The van der Waals surface area contributed by atoms with E-state index in [9.17, 15) is 9.59 Å². The fourth-order valence-electron chi connectivity index (χ4n) is 2.07. The summed E-state index contributed by atoms with van der Waals surface area (Å²) in [5.74, 6) is 5.04. The van der Waals surface area contributed by atoms with E-state index in [0.717, 1.165) is 32.6 Å². The Kier molecular flexibility index (Phi) is 5.37. The van der Waals surface area contributed by atoms with Crippen LogP contribution < -0.4 is 11.3 Å². The van der Waals surface area contributed by atoms with Crippen LogP contribution in [-0.4, -0.2) is 53.8 Å². The smallest absolute Gasteiger partial charge is 0.233 e. The fraction of sp³-hybridized carbons (Fsp3) is 0.818. The second kappa shape index (κ2) is 6.56. The fourth-order valence-corrected chi connectivity index (χ4v) is 2.07. The standard InChI is InChI=1S/C11H22N4O2/c1-9(3-4-11(17)13-12)14-5-7-15(8-6-14)10(2)16/h9H,3-8,12H2,1-2H3,(H,13,17). The number of hydrogen-bond donors (Lipinski definition) is 2. The molecular formula is C11H22N4O2. The van der Waals surface area contributed by atoms with Gasteiger partial charge in [-0.15, -0.1) is 0 Å². The molecule has 0 radical (unpaired) electrons. The van der Waals surface area contributed by atoms with E-state index in [1.54, 1.807) is 6.92 Å². The van der Waals surface area contributed by atoms with Gasteiger partial charge >= 0.3 is 0 Å². The summed E-state index contributed by atoms with van der Waals surface area (Å²) >= 11 is 0. The molecule has 1 fully saturated rings. The second-order valence-electron chi connectivity index (χ2n) is 4.50. The van der Waals surface area contributed by atoms with Crippen molar-refractivity contribution in [3.05, 3.63) is 0 Å². The molecular weight excluding hydrogens is 220 g/mol. The Morgan fingerprint density at radius 2 is 1.88 bits per heavy atom. The van der Waals surface area contributed by atoms with Crippen molar-refractivity contribution >= 4 is 11.8 Å². The largest absolute Gasteiger partial charge is 0.340 e. The lowest BCUT2D eigenvalue weighted by Crippen LogP contribution is -2.51. The quantitative estimate of drug-likeness (QED) is 0.388. The van der Waals surface area contributed by atoms with Crippen molar-refractivity contribution in [2.75, 3.05) is 26.2 Å². The molecule has 6 nitrogen and oxygen atoms in total. The van der Waals surface area contributed by atoms with Crippen LogP contribution >= 0.6 is 0 Å². The van der Waals surface area contributed by atoms with Crippen molar-refractivity contribution in [3.8, 4) is 0 Å². The first kappa shape index (κ1) is 13.9. The first-order chi connectivity index (χ1) is 8.04. The zero-order valence-electron chi connectivity index (χ0n) is 10.6. The van der Waals surface area contributed by atoms with Gasteiger partial charge in [-0.25, -0.2) is 5.84 Å². The molecule has 0 spiro atoms. The van der Waals surface area contributed by atoms with Crippen molar-refractivity contribution in [3.63, 3.8) is 0 Å². The average Bonchev–Trinajstić information content (AvgIpc) is 2.35. The van der Waals surface area contributed by atoms with Crippen LogP contribution in [-0.2, 0) is 9.59 Å². The van der Waals surface area contributed by atoms with Gasteiger partial charge in [-0.05, 0) is 13.3 Å². The zero-order valence-corrected chi connectivity index (χ0v) is 10.6. The van der Waals surface area contributed by atoms with Gasteiger partial charge in [-0.2, -0.15) is 0 Å². The third-order valence-electron chi connectivity index (χ3n) is 3.33. The summed E-state index contributed by atoms with van der Waals surface area (Å²) in [6.07, 6.45) is 1.24. The number of nitrogens with two attached hydrogens (primary N) is 1. The average molecular weight is 242 g/mol. The topological polar surface area (TPSA) is 78.7 Å². The maximum Gasteiger partial charge on any atom is 0.233 e. The maximum absolute atomic E-state index is 11.2. The molecule has 1 heterocycles. The summed E-state index contributed by atoms with van der Waals surface area (Å²) < 4.78 is 0. The lowest BCUT2D eigenvalue weighted by molar-refractivity contribution is -0.130. The number of hydrazine groups is 1. The van der Waals surface area contributed by atoms with Crippen LogP contribution in [0.3, 0.4) is 0 Å². The Bertz CT molecular complexity index is 275. The zero-order chi connectivity index (χ0) is 12.8. The Balaban J connectivity index is 2.28. The number of rotatable bonds is 4. The summed E-state index contributed by atoms with van der Waals surface area (Å²) in [6.45, 7) is 7.03. The van der Waals surface area contributed by atoms with E-state index in [1.165, 1.54) is 0 Å². The van der Waals surface area contributed by atoms with E-state index >= 15 is 0 Å². The van der Waals surface area contributed by atoms with Crippen molar-refractivity contribution in [2.45, 2.75) is 32.7 Å². The van der Waals surface area contributed by atoms with Gasteiger partial charge in [0.2, 0.25) is 11.8 Å². The number of hydrogen-bond acceptors (Lipinski definition) is 4. The predicted octanol–water partition coefficient (Wildman–Crippen LogP) is -0.691. The van der Waals surface area contributed by atoms with Crippen LogP contribution in [0.2, 0.25) is 0 Å². The summed E-state index contributed by atoms with van der Waals surface area (Å²) in [5, 5.41) is 0. The van der Waals surface area contributed by atoms with Gasteiger partial charge in [0.05, 0.1) is 0 Å². The van der Waals surface area contributed by atoms with Gasteiger partial charge in [-0.1, -0.05) is 0 Å². The summed E-state index contributed by atoms with van der Waals surface area (Å²) in [6, 6.07) is 0.349. The van der Waals surface area contributed by atoms with E-state index in [1.807, 2.05) is 4.90 Å². The number of carbonyl (C=O) groups is 2. The number of amides is 2. The normalized spacial score (nSPS) is 18.9. The number of nitrogens with one attached hydrogen (secondary N) is 1. The number of piperazine rings is 1. The molecule has 2 amide bonds. The van der Waals surface area contributed by atoms with Gasteiger partial charge in [0.1, 0.15) is 0 Å². The maximum atomic E-state index is 11.2. The highest BCUT2D eigenvalue weighted by molar-refractivity contribution is 5.75. The van der Waals surface area contributed by atoms with Crippen molar-refractivity contribution < 1.29 is 9.59 Å². The highest BCUT2D eigenvalue weighted by Gasteiger charge is 2.22. The molecule has 1 rings (SSSR count). The third kappa shape index (κ3) is 4.32. The lowest BCUT2D eigenvalue weighted by atomic mass is 10.1. The molecule has 3 N–H and O–H groups in total. The van der Waals surface area contributed by atoms with Crippen LogP contribution in [0.15, 0.2) is 0 Å². The second-order valence-corrected chi connectivity index (χ2v) is 4.50. The Labute approximate surface area is 102 Å². The van der Waals surface area contributed by atoms with Crippen LogP contribution in [0.25, 0.3) is 0 Å². The molecule has 98 valence electrons. The van der Waals surface area contributed by atoms with Gasteiger partial charge in [0, 0.05) is 45.6 Å².